The molecule has 0 saturated heterocycles. The highest BCUT2D eigenvalue weighted by Crippen LogP contribution is 2.24. The van der Waals surface area contributed by atoms with E-state index in [9.17, 15) is 13.2 Å². The molecule has 0 spiro atoms. The SMILES string of the molecule is CCCN(Cc1cc2ccccc2nc1Cl)CC(F)(F)F. The van der Waals surface area contributed by atoms with Gasteiger partial charge in [0.25, 0.3) is 0 Å². The number of pyridine rings is 1. The molecule has 21 heavy (non-hydrogen) atoms. The van der Waals surface area contributed by atoms with Crippen LogP contribution in [-0.2, 0) is 6.54 Å². The summed E-state index contributed by atoms with van der Waals surface area (Å²) in [5, 5.41) is 1.14. The van der Waals surface area contributed by atoms with Crippen molar-refractivity contribution in [2.75, 3.05) is 13.1 Å². The summed E-state index contributed by atoms with van der Waals surface area (Å²) >= 11 is 6.10. The number of benzene rings is 1. The monoisotopic (exact) mass is 316 g/mol. The Morgan fingerprint density at radius 3 is 2.62 bits per heavy atom. The molecule has 0 N–H and O–H groups in total. The lowest BCUT2D eigenvalue weighted by molar-refractivity contribution is -0.147. The van der Waals surface area contributed by atoms with Crippen molar-refractivity contribution in [2.24, 2.45) is 0 Å². The van der Waals surface area contributed by atoms with Gasteiger partial charge in [-0.15, -0.1) is 0 Å². The van der Waals surface area contributed by atoms with Crippen molar-refractivity contribution in [1.82, 2.24) is 9.88 Å². The van der Waals surface area contributed by atoms with E-state index in [1.807, 2.05) is 37.3 Å². The number of rotatable bonds is 5. The average Bonchev–Trinajstić information content (AvgIpc) is 2.38. The molecule has 0 atom stereocenters. The third-order valence-corrected chi connectivity index (χ3v) is 3.41. The number of hydrogen-bond donors (Lipinski definition) is 0. The van der Waals surface area contributed by atoms with Crippen molar-refractivity contribution in [3.8, 4) is 0 Å². The van der Waals surface area contributed by atoms with E-state index in [0.717, 1.165) is 10.9 Å². The third kappa shape index (κ3) is 4.58. The van der Waals surface area contributed by atoms with Crippen molar-refractivity contribution >= 4 is 22.5 Å². The second-order valence-corrected chi connectivity index (χ2v) is 5.31. The molecule has 0 radical (unpaired) electrons. The number of hydrogen-bond acceptors (Lipinski definition) is 2. The van der Waals surface area contributed by atoms with Gasteiger partial charge in [0, 0.05) is 17.5 Å². The maximum Gasteiger partial charge on any atom is 0.401 e. The molecule has 2 nitrogen and oxygen atoms in total. The van der Waals surface area contributed by atoms with Crippen LogP contribution in [0.5, 0.6) is 0 Å². The number of halogens is 4. The van der Waals surface area contributed by atoms with Gasteiger partial charge in [-0.1, -0.05) is 36.7 Å². The Morgan fingerprint density at radius 1 is 1.24 bits per heavy atom. The second-order valence-electron chi connectivity index (χ2n) is 4.96. The quantitative estimate of drug-likeness (QED) is 0.746. The molecule has 2 aromatic rings. The first kappa shape index (κ1) is 16.0. The van der Waals surface area contributed by atoms with Crippen LogP contribution in [0, 0.1) is 0 Å². The number of para-hydroxylation sites is 1. The minimum Gasteiger partial charge on any atom is -0.291 e. The Bertz CT molecular complexity index is 613. The summed E-state index contributed by atoms with van der Waals surface area (Å²) in [5.41, 5.74) is 1.36. The van der Waals surface area contributed by atoms with Crippen molar-refractivity contribution < 1.29 is 13.2 Å². The van der Waals surface area contributed by atoms with E-state index in [1.165, 1.54) is 4.90 Å². The molecule has 0 bridgehead atoms. The standard InChI is InChI=1S/C15H16ClF3N2/c1-2-7-21(10-15(17,18)19)9-12-8-11-5-3-4-6-13(11)20-14(12)16/h3-6,8H,2,7,9-10H2,1H3. The molecule has 1 aromatic heterocycles. The summed E-state index contributed by atoms with van der Waals surface area (Å²) in [4.78, 5) is 5.59. The Kier molecular flexibility index (Phi) is 5.06. The van der Waals surface area contributed by atoms with E-state index in [0.29, 0.717) is 18.5 Å². The molecule has 0 amide bonds. The van der Waals surface area contributed by atoms with Crippen LogP contribution < -0.4 is 0 Å². The molecule has 0 saturated carbocycles. The fourth-order valence-electron chi connectivity index (χ4n) is 2.27. The van der Waals surface area contributed by atoms with Gasteiger partial charge in [0.05, 0.1) is 12.1 Å². The number of aromatic nitrogens is 1. The lowest BCUT2D eigenvalue weighted by Crippen LogP contribution is -2.34. The maximum absolute atomic E-state index is 12.6. The zero-order valence-electron chi connectivity index (χ0n) is 11.6. The van der Waals surface area contributed by atoms with Crippen LogP contribution in [0.2, 0.25) is 5.15 Å². The van der Waals surface area contributed by atoms with Gasteiger partial charge >= 0.3 is 6.18 Å². The van der Waals surface area contributed by atoms with E-state index >= 15 is 0 Å². The van der Waals surface area contributed by atoms with Gasteiger partial charge in [-0.05, 0) is 25.1 Å². The van der Waals surface area contributed by atoms with E-state index in [2.05, 4.69) is 4.98 Å². The topological polar surface area (TPSA) is 16.1 Å². The summed E-state index contributed by atoms with van der Waals surface area (Å²) in [5.74, 6) is 0. The summed E-state index contributed by atoms with van der Waals surface area (Å²) in [7, 11) is 0. The van der Waals surface area contributed by atoms with Gasteiger partial charge in [-0.25, -0.2) is 4.98 Å². The molecule has 0 aliphatic rings. The molecule has 114 valence electrons. The number of alkyl halides is 3. The predicted molar refractivity (Wildman–Crippen MR) is 78.4 cm³/mol. The fraction of sp³-hybridized carbons (Fsp3) is 0.400. The average molecular weight is 317 g/mol. The lowest BCUT2D eigenvalue weighted by Gasteiger charge is -2.23. The van der Waals surface area contributed by atoms with Crippen molar-refractivity contribution in [3.05, 3.63) is 41.0 Å². The van der Waals surface area contributed by atoms with E-state index in [1.54, 1.807) is 0 Å². The third-order valence-electron chi connectivity index (χ3n) is 3.09. The number of fused-ring (bicyclic) bond motifs is 1. The zero-order valence-corrected chi connectivity index (χ0v) is 12.4. The van der Waals surface area contributed by atoms with E-state index in [-0.39, 0.29) is 11.7 Å². The molecule has 1 aromatic carbocycles. The molecule has 0 aliphatic heterocycles. The molecule has 0 unspecified atom stereocenters. The molecular weight excluding hydrogens is 301 g/mol. The highest BCUT2D eigenvalue weighted by molar-refractivity contribution is 6.30. The first-order valence-corrected chi connectivity index (χ1v) is 7.10. The van der Waals surface area contributed by atoms with E-state index < -0.39 is 12.7 Å². The largest absolute Gasteiger partial charge is 0.401 e. The molecule has 0 fully saturated rings. The predicted octanol–water partition coefficient (Wildman–Crippen LogP) is 4.66. The summed E-state index contributed by atoms with van der Waals surface area (Å²) in [6.45, 7) is 1.42. The Balaban J connectivity index is 2.25. The van der Waals surface area contributed by atoms with Gasteiger partial charge in [-0.2, -0.15) is 13.2 Å². The van der Waals surface area contributed by atoms with Gasteiger partial charge in [-0.3, -0.25) is 4.90 Å². The van der Waals surface area contributed by atoms with Gasteiger partial charge in [0.2, 0.25) is 0 Å². The van der Waals surface area contributed by atoms with Crippen molar-refractivity contribution in [3.63, 3.8) is 0 Å². The van der Waals surface area contributed by atoms with Crippen molar-refractivity contribution in [1.29, 1.82) is 0 Å². The van der Waals surface area contributed by atoms with Crippen LogP contribution >= 0.6 is 11.6 Å². The summed E-state index contributed by atoms with van der Waals surface area (Å²) in [6, 6.07) is 9.21. The summed E-state index contributed by atoms with van der Waals surface area (Å²) in [6.07, 6.45) is -3.57. The second kappa shape index (κ2) is 6.62. The summed E-state index contributed by atoms with van der Waals surface area (Å²) < 4.78 is 37.8. The maximum atomic E-state index is 12.6. The lowest BCUT2D eigenvalue weighted by atomic mass is 10.1. The first-order chi connectivity index (χ1) is 9.89. The van der Waals surface area contributed by atoms with Crippen molar-refractivity contribution in [2.45, 2.75) is 26.1 Å². The van der Waals surface area contributed by atoms with E-state index in [4.69, 9.17) is 11.6 Å². The zero-order chi connectivity index (χ0) is 15.5. The van der Waals surface area contributed by atoms with Crippen LogP contribution in [0.1, 0.15) is 18.9 Å². The van der Waals surface area contributed by atoms with Gasteiger partial charge in [0.1, 0.15) is 5.15 Å². The van der Waals surface area contributed by atoms with Crippen LogP contribution in [-0.4, -0.2) is 29.1 Å². The Hall–Kier alpha value is -1.33. The molecule has 1 heterocycles. The van der Waals surface area contributed by atoms with Crippen LogP contribution in [0.25, 0.3) is 10.9 Å². The number of nitrogens with zero attached hydrogens (tertiary/aromatic N) is 2. The highest BCUT2D eigenvalue weighted by atomic mass is 35.5. The molecular formula is C15H16ClF3N2. The van der Waals surface area contributed by atoms with Gasteiger partial charge in [0.15, 0.2) is 0 Å². The van der Waals surface area contributed by atoms with Crippen LogP contribution in [0.15, 0.2) is 30.3 Å². The minimum absolute atomic E-state index is 0.143. The molecule has 2 rings (SSSR count). The van der Waals surface area contributed by atoms with Crippen LogP contribution in [0.3, 0.4) is 0 Å². The minimum atomic E-state index is -4.22. The molecule has 6 heteroatoms. The van der Waals surface area contributed by atoms with Gasteiger partial charge < -0.3 is 0 Å². The molecule has 0 aliphatic carbocycles. The Morgan fingerprint density at radius 2 is 1.95 bits per heavy atom. The smallest absolute Gasteiger partial charge is 0.291 e. The van der Waals surface area contributed by atoms with Crippen LogP contribution in [0.4, 0.5) is 13.2 Å². The fourth-order valence-corrected chi connectivity index (χ4v) is 2.48. The normalized spacial score (nSPS) is 12.3. The highest BCUT2D eigenvalue weighted by Gasteiger charge is 2.30. The first-order valence-electron chi connectivity index (χ1n) is 6.72. The Labute approximate surface area is 126 Å².